The SMILES string of the molecule is CCCC1CNC(CC(C)C)CN1CCn1cccn1. The van der Waals surface area contributed by atoms with Crippen LogP contribution in [0.5, 0.6) is 0 Å². The highest BCUT2D eigenvalue weighted by molar-refractivity contribution is 4.87. The van der Waals surface area contributed by atoms with Crippen LogP contribution in [0.15, 0.2) is 18.5 Å². The Morgan fingerprint density at radius 3 is 2.85 bits per heavy atom. The van der Waals surface area contributed by atoms with E-state index in [2.05, 4.69) is 42.3 Å². The van der Waals surface area contributed by atoms with Gasteiger partial charge in [0.1, 0.15) is 0 Å². The van der Waals surface area contributed by atoms with Gasteiger partial charge in [-0.25, -0.2) is 0 Å². The lowest BCUT2D eigenvalue weighted by molar-refractivity contribution is 0.109. The molecule has 0 radical (unpaired) electrons. The average molecular weight is 278 g/mol. The normalized spacial score (nSPS) is 24.4. The molecule has 0 bridgehead atoms. The largest absolute Gasteiger partial charge is 0.311 e. The van der Waals surface area contributed by atoms with Crippen LogP contribution in [0.2, 0.25) is 0 Å². The summed E-state index contributed by atoms with van der Waals surface area (Å²) in [5, 5.41) is 8.06. The Morgan fingerprint density at radius 1 is 1.35 bits per heavy atom. The number of piperazine rings is 1. The second kappa shape index (κ2) is 7.79. The van der Waals surface area contributed by atoms with E-state index in [-0.39, 0.29) is 0 Å². The molecule has 1 aliphatic rings. The van der Waals surface area contributed by atoms with E-state index >= 15 is 0 Å². The Bertz CT molecular complexity index is 361. The van der Waals surface area contributed by atoms with Crippen molar-refractivity contribution in [1.29, 1.82) is 0 Å². The molecule has 0 aliphatic carbocycles. The van der Waals surface area contributed by atoms with Crippen molar-refractivity contribution in [1.82, 2.24) is 20.0 Å². The van der Waals surface area contributed by atoms with E-state index in [1.165, 1.54) is 25.8 Å². The van der Waals surface area contributed by atoms with Gasteiger partial charge in [0.25, 0.3) is 0 Å². The zero-order valence-corrected chi connectivity index (χ0v) is 13.3. The van der Waals surface area contributed by atoms with Crippen molar-refractivity contribution < 1.29 is 0 Å². The van der Waals surface area contributed by atoms with Gasteiger partial charge in [0.2, 0.25) is 0 Å². The first-order valence-electron chi connectivity index (χ1n) is 8.14. The lowest BCUT2D eigenvalue weighted by Gasteiger charge is -2.41. The summed E-state index contributed by atoms with van der Waals surface area (Å²) in [7, 11) is 0. The number of nitrogens with one attached hydrogen (secondary N) is 1. The van der Waals surface area contributed by atoms with E-state index in [0.29, 0.717) is 12.1 Å². The maximum atomic E-state index is 4.31. The fraction of sp³-hybridized carbons (Fsp3) is 0.812. The van der Waals surface area contributed by atoms with Crippen LogP contribution in [0.1, 0.15) is 40.0 Å². The van der Waals surface area contributed by atoms with Crippen molar-refractivity contribution in [2.45, 2.75) is 58.7 Å². The molecule has 2 heterocycles. The van der Waals surface area contributed by atoms with Crippen LogP contribution in [0.25, 0.3) is 0 Å². The minimum absolute atomic E-state index is 0.653. The summed E-state index contributed by atoms with van der Waals surface area (Å²) in [4.78, 5) is 2.68. The molecule has 2 atom stereocenters. The van der Waals surface area contributed by atoms with Gasteiger partial charge in [-0.3, -0.25) is 9.58 Å². The molecule has 0 saturated carbocycles. The van der Waals surface area contributed by atoms with E-state index in [1.54, 1.807) is 0 Å². The quantitative estimate of drug-likeness (QED) is 0.831. The van der Waals surface area contributed by atoms with E-state index < -0.39 is 0 Å². The van der Waals surface area contributed by atoms with Crippen molar-refractivity contribution >= 4 is 0 Å². The molecule has 1 aromatic heterocycles. The molecule has 2 rings (SSSR count). The molecule has 4 heteroatoms. The molecule has 0 amide bonds. The summed E-state index contributed by atoms with van der Waals surface area (Å²) in [5.41, 5.74) is 0. The van der Waals surface area contributed by atoms with Crippen LogP contribution >= 0.6 is 0 Å². The minimum atomic E-state index is 0.653. The molecule has 1 aliphatic heterocycles. The zero-order valence-electron chi connectivity index (χ0n) is 13.3. The average Bonchev–Trinajstić information content (AvgIpc) is 2.91. The first-order chi connectivity index (χ1) is 9.69. The number of rotatable bonds is 7. The van der Waals surface area contributed by atoms with Crippen molar-refractivity contribution in [2.24, 2.45) is 5.92 Å². The van der Waals surface area contributed by atoms with Gasteiger partial charge in [-0.05, 0) is 24.8 Å². The van der Waals surface area contributed by atoms with Crippen molar-refractivity contribution in [3.8, 4) is 0 Å². The Labute approximate surface area is 123 Å². The summed E-state index contributed by atoms with van der Waals surface area (Å²) >= 11 is 0. The summed E-state index contributed by atoms with van der Waals surface area (Å²) in [5.74, 6) is 0.767. The van der Waals surface area contributed by atoms with Crippen LogP contribution in [-0.2, 0) is 6.54 Å². The van der Waals surface area contributed by atoms with Gasteiger partial charge < -0.3 is 5.32 Å². The van der Waals surface area contributed by atoms with Gasteiger partial charge in [0.15, 0.2) is 0 Å². The van der Waals surface area contributed by atoms with E-state index in [0.717, 1.165) is 25.6 Å². The predicted molar refractivity (Wildman–Crippen MR) is 83.7 cm³/mol. The Kier molecular flexibility index (Phi) is 6.05. The van der Waals surface area contributed by atoms with Gasteiger partial charge in [0.05, 0.1) is 6.54 Å². The Balaban J connectivity index is 1.88. The van der Waals surface area contributed by atoms with Crippen molar-refractivity contribution in [2.75, 3.05) is 19.6 Å². The van der Waals surface area contributed by atoms with E-state index in [1.807, 2.05) is 16.9 Å². The van der Waals surface area contributed by atoms with Crippen LogP contribution < -0.4 is 5.32 Å². The first-order valence-corrected chi connectivity index (χ1v) is 8.14. The molecule has 0 spiro atoms. The Hall–Kier alpha value is -0.870. The van der Waals surface area contributed by atoms with Crippen LogP contribution in [-0.4, -0.2) is 46.4 Å². The molecule has 2 unspecified atom stereocenters. The van der Waals surface area contributed by atoms with Gasteiger partial charge in [0, 0.05) is 44.1 Å². The maximum Gasteiger partial charge on any atom is 0.0536 e. The van der Waals surface area contributed by atoms with Gasteiger partial charge in [-0.1, -0.05) is 27.2 Å². The minimum Gasteiger partial charge on any atom is -0.311 e. The third-order valence-electron chi connectivity index (χ3n) is 4.17. The molecule has 1 aromatic rings. The standard InChI is InChI=1S/C16H30N4/c1-4-6-16-12-17-15(11-14(2)3)13-19(16)9-10-20-8-5-7-18-20/h5,7-8,14-17H,4,6,9-13H2,1-3H3. The van der Waals surface area contributed by atoms with Crippen molar-refractivity contribution in [3.05, 3.63) is 18.5 Å². The Morgan fingerprint density at radius 2 is 2.20 bits per heavy atom. The summed E-state index contributed by atoms with van der Waals surface area (Å²) in [6, 6.07) is 3.35. The van der Waals surface area contributed by atoms with Crippen LogP contribution in [0.3, 0.4) is 0 Å². The lowest BCUT2D eigenvalue weighted by Crippen LogP contribution is -2.57. The van der Waals surface area contributed by atoms with E-state index in [4.69, 9.17) is 0 Å². The van der Waals surface area contributed by atoms with Gasteiger partial charge in [-0.15, -0.1) is 0 Å². The topological polar surface area (TPSA) is 33.1 Å². The maximum absolute atomic E-state index is 4.31. The number of hydrogen-bond donors (Lipinski definition) is 1. The van der Waals surface area contributed by atoms with Gasteiger partial charge >= 0.3 is 0 Å². The molecule has 20 heavy (non-hydrogen) atoms. The predicted octanol–water partition coefficient (Wildman–Crippen LogP) is 2.37. The lowest BCUT2D eigenvalue weighted by atomic mass is 9.98. The molecule has 0 aromatic carbocycles. The van der Waals surface area contributed by atoms with Crippen molar-refractivity contribution in [3.63, 3.8) is 0 Å². The fourth-order valence-electron chi connectivity index (χ4n) is 3.21. The molecular formula is C16H30N4. The first kappa shape index (κ1) is 15.5. The monoisotopic (exact) mass is 278 g/mol. The third-order valence-corrected chi connectivity index (χ3v) is 4.17. The highest BCUT2D eigenvalue weighted by atomic mass is 15.3. The number of hydrogen-bond acceptors (Lipinski definition) is 3. The van der Waals surface area contributed by atoms with Crippen LogP contribution in [0.4, 0.5) is 0 Å². The molecule has 1 N–H and O–H groups in total. The third kappa shape index (κ3) is 4.60. The number of nitrogens with zero attached hydrogens (tertiary/aromatic N) is 3. The molecular weight excluding hydrogens is 248 g/mol. The van der Waals surface area contributed by atoms with Gasteiger partial charge in [-0.2, -0.15) is 5.10 Å². The smallest absolute Gasteiger partial charge is 0.0536 e. The summed E-state index contributed by atoms with van der Waals surface area (Å²) in [6.45, 7) is 11.4. The molecule has 1 fully saturated rings. The molecule has 114 valence electrons. The highest BCUT2D eigenvalue weighted by Crippen LogP contribution is 2.16. The number of aromatic nitrogens is 2. The van der Waals surface area contributed by atoms with E-state index in [9.17, 15) is 0 Å². The molecule has 4 nitrogen and oxygen atoms in total. The zero-order chi connectivity index (χ0) is 14.4. The fourth-order valence-corrected chi connectivity index (χ4v) is 3.21. The highest BCUT2D eigenvalue weighted by Gasteiger charge is 2.27. The second-order valence-corrected chi connectivity index (χ2v) is 6.44. The summed E-state index contributed by atoms with van der Waals surface area (Å²) in [6.07, 6.45) is 7.75. The second-order valence-electron chi connectivity index (χ2n) is 6.44. The van der Waals surface area contributed by atoms with Crippen LogP contribution in [0, 0.1) is 5.92 Å². The summed E-state index contributed by atoms with van der Waals surface area (Å²) < 4.78 is 2.04. The molecule has 1 saturated heterocycles.